The standard InChI is InChI=1S/C22H26N4O4/c27-19-6-5-18(21(29)25-19)26-11-14-2-1-13(9-17(14)22(26)30)20(28)23-10-12-7-15-3-4-16(8-12)24-15/h1-2,9,12,15-16,18,24H,3-8,10-11H2,(H,23,28)(H,25,27,29)/t12?,15-,16+,18?. The number of hydrogen-bond donors (Lipinski definition) is 3. The molecular weight excluding hydrogens is 384 g/mol. The van der Waals surface area contributed by atoms with Crippen LogP contribution in [-0.4, -0.2) is 53.2 Å². The van der Waals surface area contributed by atoms with Crippen molar-refractivity contribution < 1.29 is 19.2 Å². The highest BCUT2D eigenvalue weighted by Gasteiger charge is 2.39. The van der Waals surface area contributed by atoms with E-state index < -0.39 is 11.9 Å². The average Bonchev–Trinajstić information content (AvgIpc) is 3.24. The number of imide groups is 1. The zero-order valence-corrected chi connectivity index (χ0v) is 16.8. The van der Waals surface area contributed by atoms with Gasteiger partial charge in [-0.3, -0.25) is 24.5 Å². The number of fused-ring (bicyclic) bond motifs is 3. The van der Waals surface area contributed by atoms with Gasteiger partial charge in [-0.25, -0.2) is 0 Å². The molecule has 4 aliphatic rings. The largest absolute Gasteiger partial charge is 0.352 e. The van der Waals surface area contributed by atoms with E-state index in [9.17, 15) is 19.2 Å². The van der Waals surface area contributed by atoms with Crippen molar-refractivity contribution >= 4 is 23.6 Å². The zero-order valence-electron chi connectivity index (χ0n) is 16.8. The van der Waals surface area contributed by atoms with Gasteiger partial charge in [0, 0.05) is 42.7 Å². The summed E-state index contributed by atoms with van der Waals surface area (Å²) >= 11 is 0. The number of nitrogens with zero attached hydrogens (tertiary/aromatic N) is 1. The summed E-state index contributed by atoms with van der Waals surface area (Å²) in [6.07, 6.45) is 5.21. The summed E-state index contributed by atoms with van der Waals surface area (Å²) < 4.78 is 0. The highest BCUT2D eigenvalue weighted by Crippen LogP contribution is 2.31. The Morgan fingerprint density at radius 2 is 1.87 bits per heavy atom. The van der Waals surface area contributed by atoms with E-state index in [0.29, 0.717) is 48.6 Å². The maximum atomic E-state index is 12.9. The van der Waals surface area contributed by atoms with E-state index in [-0.39, 0.29) is 24.1 Å². The molecule has 2 unspecified atom stereocenters. The maximum Gasteiger partial charge on any atom is 0.255 e. The van der Waals surface area contributed by atoms with Crippen molar-refractivity contribution in [3.05, 3.63) is 34.9 Å². The van der Waals surface area contributed by atoms with Crippen molar-refractivity contribution in [2.24, 2.45) is 5.92 Å². The van der Waals surface area contributed by atoms with Crippen molar-refractivity contribution in [2.45, 2.75) is 63.2 Å². The highest BCUT2D eigenvalue weighted by atomic mass is 16.2. The summed E-state index contributed by atoms with van der Waals surface area (Å²) in [5.41, 5.74) is 1.73. The predicted molar refractivity (Wildman–Crippen MR) is 107 cm³/mol. The van der Waals surface area contributed by atoms with Crippen LogP contribution in [0, 0.1) is 5.92 Å². The Morgan fingerprint density at radius 3 is 2.60 bits per heavy atom. The first kappa shape index (κ1) is 19.2. The molecule has 158 valence electrons. The second kappa shape index (κ2) is 7.50. The smallest absolute Gasteiger partial charge is 0.255 e. The third-order valence-electron chi connectivity index (χ3n) is 6.91. The molecule has 0 aromatic heterocycles. The number of benzene rings is 1. The second-order valence-electron chi connectivity index (χ2n) is 8.96. The highest BCUT2D eigenvalue weighted by molar-refractivity contribution is 6.06. The molecule has 1 aromatic carbocycles. The van der Waals surface area contributed by atoms with Gasteiger partial charge in [0.2, 0.25) is 11.8 Å². The van der Waals surface area contributed by atoms with Crippen molar-refractivity contribution in [1.29, 1.82) is 0 Å². The van der Waals surface area contributed by atoms with Crippen LogP contribution in [0.2, 0.25) is 0 Å². The second-order valence-corrected chi connectivity index (χ2v) is 8.96. The molecule has 4 aliphatic heterocycles. The predicted octanol–water partition coefficient (Wildman–Crippen LogP) is 0.708. The lowest BCUT2D eigenvalue weighted by atomic mass is 9.92. The lowest BCUT2D eigenvalue weighted by Gasteiger charge is -2.29. The molecule has 3 saturated heterocycles. The van der Waals surface area contributed by atoms with Crippen LogP contribution < -0.4 is 16.0 Å². The average molecular weight is 410 g/mol. The molecule has 4 atom stereocenters. The first-order valence-electron chi connectivity index (χ1n) is 10.8. The Morgan fingerprint density at radius 1 is 1.10 bits per heavy atom. The molecular formula is C22H26N4O4. The third-order valence-corrected chi connectivity index (χ3v) is 6.91. The Kier molecular flexibility index (Phi) is 4.81. The van der Waals surface area contributed by atoms with Crippen molar-refractivity contribution in [1.82, 2.24) is 20.9 Å². The molecule has 2 bridgehead atoms. The molecule has 1 aromatic rings. The first-order valence-corrected chi connectivity index (χ1v) is 10.8. The summed E-state index contributed by atoms with van der Waals surface area (Å²) in [4.78, 5) is 50.6. The minimum atomic E-state index is -0.643. The number of hydrogen-bond acceptors (Lipinski definition) is 5. The van der Waals surface area contributed by atoms with Gasteiger partial charge in [0.15, 0.2) is 0 Å². The molecule has 4 amide bonds. The van der Waals surface area contributed by atoms with Gasteiger partial charge in [-0.05, 0) is 55.7 Å². The van der Waals surface area contributed by atoms with E-state index >= 15 is 0 Å². The summed E-state index contributed by atoms with van der Waals surface area (Å²) in [5, 5.41) is 8.95. The minimum absolute atomic E-state index is 0.170. The maximum absolute atomic E-state index is 12.9. The van der Waals surface area contributed by atoms with Crippen LogP contribution in [0.3, 0.4) is 0 Å². The molecule has 30 heavy (non-hydrogen) atoms. The molecule has 3 fully saturated rings. The molecule has 5 rings (SSSR count). The van der Waals surface area contributed by atoms with E-state index in [4.69, 9.17) is 0 Å². The number of carbonyl (C=O) groups is 4. The lowest BCUT2D eigenvalue weighted by Crippen LogP contribution is -2.52. The monoisotopic (exact) mass is 410 g/mol. The fraction of sp³-hybridized carbons (Fsp3) is 0.545. The van der Waals surface area contributed by atoms with Crippen LogP contribution in [0.1, 0.15) is 64.8 Å². The van der Waals surface area contributed by atoms with E-state index in [1.54, 1.807) is 18.2 Å². The first-order chi connectivity index (χ1) is 14.5. The number of nitrogens with one attached hydrogen (secondary N) is 3. The van der Waals surface area contributed by atoms with Gasteiger partial charge in [-0.2, -0.15) is 0 Å². The van der Waals surface area contributed by atoms with Gasteiger partial charge in [0.1, 0.15) is 6.04 Å². The number of amides is 4. The summed E-state index contributed by atoms with van der Waals surface area (Å²) in [6, 6.07) is 5.68. The summed E-state index contributed by atoms with van der Waals surface area (Å²) in [5.74, 6) is -0.672. The minimum Gasteiger partial charge on any atom is -0.352 e. The number of carbonyl (C=O) groups excluding carboxylic acids is 4. The van der Waals surface area contributed by atoms with Crippen molar-refractivity contribution in [2.75, 3.05) is 6.54 Å². The molecule has 8 nitrogen and oxygen atoms in total. The van der Waals surface area contributed by atoms with Gasteiger partial charge >= 0.3 is 0 Å². The van der Waals surface area contributed by atoms with Gasteiger partial charge in [-0.1, -0.05) is 6.07 Å². The van der Waals surface area contributed by atoms with E-state index in [0.717, 1.165) is 18.4 Å². The molecule has 0 saturated carbocycles. The van der Waals surface area contributed by atoms with Crippen LogP contribution in [-0.2, 0) is 16.1 Å². The van der Waals surface area contributed by atoms with Crippen LogP contribution in [0.4, 0.5) is 0 Å². The topological polar surface area (TPSA) is 108 Å². The van der Waals surface area contributed by atoms with Crippen LogP contribution in [0.5, 0.6) is 0 Å². The molecule has 3 N–H and O–H groups in total. The van der Waals surface area contributed by atoms with Crippen LogP contribution >= 0.6 is 0 Å². The van der Waals surface area contributed by atoms with Crippen molar-refractivity contribution in [3.8, 4) is 0 Å². The Labute approximate surface area is 174 Å². The van der Waals surface area contributed by atoms with Crippen LogP contribution in [0.25, 0.3) is 0 Å². The Bertz CT molecular complexity index is 918. The number of rotatable bonds is 4. The molecule has 4 heterocycles. The molecule has 8 heteroatoms. The third kappa shape index (κ3) is 3.49. The van der Waals surface area contributed by atoms with Crippen molar-refractivity contribution in [3.63, 3.8) is 0 Å². The fourth-order valence-electron chi connectivity index (χ4n) is 5.38. The Hall–Kier alpha value is -2.74. The zero-order chi connectivity index (χ0) is 20.8. The summed E-state index contributed by atoms with van der Waals surface area (Å²) in [6.45, 7) is 0.973. The summed E-state index contributed by atoms with van der Waals surface area (Å²) in [7, 11) is 0. The molecule has 0 aliphatic carbocycles. The van der Waals surface area contributed by atoms with Gasteiger partial charge in [0.05, 0.1) is 0 Å². The quantitative estimate of drug-likeness (QED) is 0.634. The van der Waals surface area contributed by atoms with Gasteiger partial charge < -0.3 is 15.5 Å². The fourth-order valence-corrected chi connectivity index (χ4v) is 5.38. The van der Waals surface area contributed by atoms with E-state index in [1.165, 1.54) is 17.7 Å². The normalized spacial score (nSPS) is 30.3. The molecule has 0 radical (unpaired) electrons. The van der Waals surface area contributed by atoms with Gasteiger partial charge in [0.25, 0.3) is 11.8 Å². The Balaban J connectivity index is 1.23. The number of piperidine rings is 2. The van der Waals surface area contributed by atoms with Gasteiger partial charge in [-0.15, -0.1) is 0 Å². The van der Waals surface area contributed by atoms with Crippen LogP contribution in [0.15, 0.2) is 18.2 Å². The SMILES string of the molecule is O=C1CCC(N2Cc3ccc(C(=O)NCC4C[C@H]5CC[C@@H](C4)N5)cc3C2=O)C(=O)N1. The van der Waals surface area contributed by atoms with E-state index in [1.807, 2.05) is 0 Å². The molecule has 0 spiro atoms. The lowest BCUT2D eigenvalue weighted by molar-refractivity contribution is -0.136. The van der Waals surface area contributed by atoms with E-state index in [2.05, 4.69) is 16.0 Å².